The minimum atomic E-state index is -0.476. The maximum atomic E-state index is 13.3. The molecular weight excluding hydrogens is 455 g/mol. The van der Waals surface area contributed by atoms with Crippen molar-refractivity contribution in [3.05, 3.63) is 93.3 Å². The van der Waals surface area contributed by atoms with Gasteiger partial charge in [-0.3, -0.25) is 14.9 Å². The Bertz CT molecular complexity index is 1210. The standard InChI is InChI=1S/C26H25FN2O6/c1-33-24-14-18-11-12-28(26(30)13-17-3-5-19(27)6-4-17)23(22(18)15-25(24)34-2)16-35-21-9-7-20(8-10-21)29(31)32/h3-10,14-15,23H,11-13,16H2,1-2H3. The molecule has 3 aromatic rings. The Labute approximate surface area is 202 Å². The molecule has 8 nitrogen and oxygen atoms in total. The highest BCUT2D eigenvalue weighted by Gasteiger charge is 2.33. The van der Waals surface area contributed by atoms with Gasteiger partial charge in [0.05, 0.1) is 31.6 Å². The second kappa shape index (κ2) is 10.4. The van der Waals surface area contributed by atoms with Crippen LogP contribution in [0, 0.1) is 15.9 Å². The number of carbonyl (C=O) groups is 1. The molecule has 0 saturated heterocycles. The van der Waals surface area contributed by atoms with Gasteiger partial charge in [0.15, 0.2) is 11.5 Å². The van der Waals surface area contributed by atoms with Crippen LogP contribution in [0.5, 0.6) is 17.2 Å². The average Bonchev–Trinajstić information content (AvgIpc) is 2.87. The second-order valence-electron chi connectivity index (χ2n) is 8.12. The lowest BCUT2D eigenvalue weighted by molar-refractivity contribution is -0.384. The Morgan fingerprint density at radius 3 is 2.34 bits per heavy atom. The quantitative estimate of drug-likeness (QED) is 0.348. The van der Waals surface area contributed by atoms with Gasteiger partial charge in [-0.1, -0.05) is 12.1 Å². The van der Waals surface area contributed by atoms with Gasteiger partial charge in [0.2, 0.25) is 5.91 Å². The van der Waals surface area contributed by atoms with Crippen LogP contribution >= 0.6 is 0 Å². The van der Waals surface area contributed by atoms with E-state index in [1.54, 1.807) is 31.3 Å². The van der Waals surface area contributed by atoms with Crippen LogP contribution in [0.15, 0.2) is 60.7 Å². The Morgan fingerprint density at radius 2 is 1.71 bits per heavy atom. The molecule has 0 fully saturated rings. The van der Waals surface area contributed by atoms with Crippen molar-refractivity contribution < 1.29 is 28.3 Å². The highest BCUT2D eigenvalue weighted by molar-refractivity contribution is 5.80. The fourth-order valence-corrected chi connectivity index (χ4v) is 4.22. The number of carbonyl (C=O) groups excluding carboxylic acids is 1. The number of nitro benzene ring substituents is 1. The van der Waals surface area contributed by atoms with Gasteiger partial charge in [-0.25, -0.2) is 4.39 Å². The van der Waals surface area contributed by atoms with Gasteiger partial charge in [0.25, 0.3) is 5.69 Å². The van der Waals surface area contributed by atoms with Crippen LogP contribution in [-0.4, -0.2) is 43.1 Å². The van der Waals surface area contributed by atoms with Crippen LogP contribution in [-0.2, 0) is 17.6 Å². The zero-order valence-electron chi connectivity index (χ0n) is 19.4. The summed E-state index contributed by atoms with van der Waals surface area (Å²) in [5.41, 5.74) is 2.58. The van der Waals surface area contributed by atoms with E-state index in [-0.39, 0.29) is 30.4 Å². The maximum Gasteiger partial charge on any atom is 0.269 e. The number of ether oxygens (including phenoxy) is 3. The molecule has 0 N–H and O–H groups in total. The van der Waals surface area contributed by atoms with E-state index in [0.29, 0.717) is 35.8 Å². The molecule has 0 bridgehead atoms. The fourth-order valence-electron chi connectivity index (χ4n) is 4.22. The van der Waals surface area contributed by atoms with Crippen molar-refractivity contribution >= 4 is 11.6 Å². The third kappa shape index (κ3) is 5.34. The third-order valence-electron chi connectivity index (χ3n) is 6.05. The molecule has 1 aliphatic rings. The molecule has 1 aliphatic heterocycles. The van der Waals surface area contributed by atoms with Crippen LogP contribution in [0.4, 0.5) is 10.1 Å². The molecule has 1 unspecified atom stereocenters. The summed E-state index contributed by atoms with van der Waals surface area (Å²) >= 11 is 0. The minimum absolute atomic E-state index is 0.0340. The number of methoxy groups -OCH3 is 2. The summed E-state index contributed by atoms with van der Waals surface area (Å²) in [7, 11) is 3.12. The van der Waals surface area contributed by atoms with E-state index < -0.39 is 11.0 Å². The van der Waals surface area contributed by atoms with E-state index in [1.165, 1.54) is 36.4 Å². The molecule has 182 valence electrons. The molecule has 4 rings (SSSR count). The number of benzene rings is 3. The number of fused-ring (bicyclic) bond motifs is 1. The topological polar surface area (TPSA) is 91.1 Å². The van der Waals surface area contributed by atoms with E-state index in [9.17, 15) is 19.3 Å². The maximum absolute atomic E-state index is 13.3. The molecule has 3 aromatic carbocycles. The summed E-state index contributed by atoms with van der Waals surface area (Å²) in [6, 6.07) is 15.0. The van der Waals surface area contributed by atoms with Gasteiger partial charge in [0.1, 0.15) is 18.2 Å². The molecule has 0 aliphatic carbocycles. The normalized spacial score (nSPS) is 14.7. The average molecular weight is 480 g/mol. The first kappa shape index (κ1) is 24.0. The smallest absolute Gasteiger partial charge is 0.269 e. The lowest BCUT2D eigenvalue weighted by Crippen LogP contribution is -2.43. The fraction of sp³-hybridized carbons (Fsp3) is 0.269. The summed E-state index contributed by atoms with van der Waals surface area (Å²) in [5, 5.41) is 10.9. The van der Waals surface area contributed by atoms with Gasteiger partial charge >= 0.3 is 0 Å². The van der Waals surface area contributed by atoms with E-state index in [2.05, 4.69) is 0 Å². The number of amides is 1. The minimum Gasteiger partial charge on any atom is -0.493 e. The monoisotopic (exact) mass is 480 g/mol. The molecular formula is C26H25FN2O6. The summed E-state index contributed by atoms with van der Waals surface area (Å²) in [5.74, 6) is 1.12. The Kier molecular flexibility index (Phi) is 7.14. The van der Waals surface area contributed by atoms with Gasteiger partial charge < -0.3 is 19.1 Å². The van der Waals surface area contributed by atoms with Crippen LogP contribution in [0.2, 0.25) is 0 Å². The molecule has 1 atom stereocenters. The molecule has 1 heterocycles. The van der Waals surface area contributed by atoms with Gasteiger partial charge in [-0.05, 0) is 59.5 Å². The largest absolute Gasteiger partial charge is 0.493 e. The lowest BCUT2D eigenvalue weighted by atomic mass is 9.91. The molecule has 1 amide bonds. The van der Waals surface area contributed by atoms with Crippen molar-refractivity contribution in [3.8, 4) is 17.2 Å². The van der Waals surface area contributed by atoms with Crippen molar-refractivity contribution in [2.75, 3.05) is 27.4 Å². The zero-order valence-corrected chi connectivity index (χ0v) is 19.4. The first-order valence-corrected chi connectivity index (χ1v) is 11.1. The summed E-state index contributed by atoms with van der Waals surface area (Å²) < 4.78 is 30.2. The van der Waals surface area contributed by atoms with Crippen molar-refractivity contribution in [2.45, 2.75) is 18.9 Å². The van der Waals surface area contributed by atoms with Crippen LogP contribution in [0.1, 0.15) is 22.7 Å². The van der Waals surface area contributed by atoms with E-state index >= 15 is 0 Å². The Hall–Kier alpha value is -4.14. The SMILES string of the molecule is COc1cc2c(cc1OC)C(COc1ccc([N+](=O)[O-])cc1)N(C(=O)Cc1ccc(F)cc1)CC2. The predicted molar refractivity (Wildman–Crippen MR) is 126 cm³/mol. The van der Waals surface area contributed by atoms with Gasteiger partial charge in [0, 0.05) is 18.7 Å². The number of rotatable bonds is 8. The predicted octanol–water partition coefficient (Wildman–Crippen LogP) is 4.50. The summed E-state index contributed by atoms with van der Waals surface area (Å²) in [6.45, 7) is 0.603. The second-order valence-corrected chi connectivity index (χ2v) is 8.12. The number of nitro groups is 1. The van der Waals surface area contributed by atoms with Crippen LogP contribution < -0.4 is 14.2 Å². The molecule has 9 heteroatoms. The van der Waals surface area contributed by atoms with E-state index in [1.807, 2.05) is 12.1 Å². The Morgan fingerprint density at radius 1 is 1.06 bits per heavy atom. The number of hydrogen-bond donors (Lipinski definition) is 0. The Balaban J connectivity index is 1.62. The van der Waals surface area contributed by atoms with E-state index in [4.69, 9.17) is 14.2 Å². The van der Waals surface area contributed by atoms with Crippen molar-refractivity contribution in [1.82, 2.24) is 4.90 Å². The number of hydrogen-bond acceptors (Lipinski definition) is 6. The third-order valence-corrected chi connectivity index (χ3v) is 6.05. The highest BCUT2D eigenvalue weighted by Crippen LogP contribution is 2.38. The van der Waals surface area contributed by atoms with Crippen molar-refractivity contribution in [2.24, 2.45) is 0 Å². The van der Waals surface area contributed by atoms with E-state index in [0.717, 1.165) is 11.1 Å². The lowest BCUT2D eigenvalue weighted by Gasteiger charge is -2.37. The number of halogens is 1. The van der Waals surface area contributed by atoms with Crippen molar-refractivity contribution in [3.63, 3.8) is 0 Å². The molecule has 0 saturated carbocycles. The summed E-state index contributed by atoms with van der Waals surface area (Å²) in [4.78, 5) is 25.5. The number of nitrogens with zero attached hydrogens (tertiary/aromatic N) is 2. The van der Waals surface area contributed by atoms with Gasteiger partial charge in [-0.15, -0.1) is 0 Å². The zero-order chi connectivity index (χ0) is 24.9. The highest BCUT2D eigenvalue weighted by atomic mass is 19.1. The molecule has 35 heavy (non-hydrogen) atoms. The number of non-ortho nitro benzene ring substituents is 1. The first-order chi connectivity index (χ1) is 16.9. The molecule has 0 spiro atoms. The summed E-state index contributed by atoms with van der Waals surface area (Å²) in [6.07, 6.45) is 0.746. The molecule has 0 radical (unpaired) electrons. The molecule has 0 aromatic heterocycles. The van der Waals surface area contributed by atoms with Crippen molar-refractivity contribution in [1.29, 1.82) is 0 Å². The van der Waals surface area contributed by atoms with Gasteiger partial charge in [-0.2, -0.15) is 0 Å². The van der Waals surface area contributed by atoms with Crippen LogP contribution in [0.3, 0.4) is 0 Å². The van der Waals surface area contributed by atoms with Crippen LogP contribution in [0.25, 0.3) is 0 Å². The first-order valence-electron chi connectivity index (χ1n) is 11.1.